The number of hydrogen-bond donors (Lipinski definition) is 1. The van der Waals surface area contributed by atoms with E-state index in [0.29, 0.717) is 12.4 Å². The van der Waals surface area contributed by atoms with Crippen LogP contribution in [0.4, 0.5) is 11.6 Å². The number of carbonyl (C=O) groups excluding carboxylic acids is 2. The van der Waals surface area contributed by atoms with Gasteiger partial charge in [0.1, 0.15) is 17.9 Å². The van der Waals surface area contributed by atoms with Gasteiger partial charge >= 0.3 is 11.9 Å². The summed E-state index contributed by atoms with van der Waals surface area (Å²) in [5.41, 5.74) is 6.04. The molecule has 0 aromatic carbocycles. The SMILES string of the molecule is CCOC(=O)Cn1nc(N(C)CC)c(C(=O)OC)c1N. The van der Waals surface area contributed by atoms with Gasteiger partial charge in [-0.15, -0.1) is 0 Å². The van der Waals surface area contributed by atoms with E-state index in [1.807, 2.05) is 6.92 Å². The van der Waals surface area contributed by atoms with Gasteiger partial charge in [-0.3, -0.25) is 4.79 Å². The highest BCUT2D eigenvalue weighted by Crippen LogP contribution is 2.25. The van der Waals surface area contributed by atoms with Crippen LogP contribution >= 0.6 is 0 Å². The molecule has 0 bridgehead atoms. The van der Waals surface area contributed by atoms with Crippen molar-refractivity contribution >= 4 is 23.6 Å². The topological polar surface area (TPSA) is 99.7 Å². The fourth-order valence-corrected chi connectivity index (χ4v) is 1.63. The van der Waals surface area contributed by atoms with E-state index in [4.69, 9.17) is 15.2 Å². The molecule has 0 aliphatic rings. The van der Waals surface area contributed by atoms with Crippen molar-refractivity contribution in [2.75, 3.05) is 37.9 Å². The summed E-state index contributed by atoms with van der Waals surface area (Å²) < 4.78 is 10.8. The smallest absolute Gasteiger partial charge is 0.345 e. The summed E-state index contributed by atoms with van der Waals surface area (Å²) in [6, 6.07) is 0. The van der Waals surface area contributed by atoms with Crippen LogP contribution in [0.25, 0.3) is 0 Å². The van der Waals surface area contributed by atoms with E-state index in [0.717, 1.165) is 0 Å². The van der Waals surface area contributed by atoms with E-state index in [2.05, 4.69) is 5.10 Å². The molecule has 8 nitrogen and oxygen atoms in total. The molecule has 0 aliphatic heterocycles. The average Bonchev–Trinajstić information content (AvgIpc) is 2.74. The first-order chi connectivity index (χ1) is 9.46. The molecule has 1 rings (SSSR count). The van der Waals surface area contributed by atoms with Crippen LogP contribution in [0, 0.1) is 0 Å². The van der Waals surface area contributed by atoms with Crippen molar-refractivity contribution in [2.24, 2.45) is 0 Å². The summed E-state index contributed by atoms with van der Waals surface area (Å²) in [4.78, 5) is 25.0. The quantitative estimate of drug-likeness (QED) is 0.748. The Labute approximate surface area is 117 Å². The summed E-state index contributed by atoms with van der Waals surface area (Å²) in [5.74, 6) is -0.599. The van der Waals surface area contributed by atoms with E-state index in [-0.39, 0.29) is 24.5 Å². The van der Waals surface area contributed by atoms with Crippen molar-refractivity contribution < 1.29 is 19.1 Å². The molecule has 1 aromatic heterocycles. The van der Waals surface area contributed by atoms with Crippen LogP contribution < -0.4 is 10.6 Å². The van der Waals surface area contributed by atoms with Gasteiger partial charge in [-0.1, -0.05) is 0 Å². The van der Waals surface area contributed by atoms with Crippen LogP contribution in [-0.2, 0) is 20.8 Å². The highest BCUT2D eigenvalue weighted by atomic mass is 16.5. The van der Waals surface area contributed by atoms with Crippen LogP contribution in [0.2, 0.25) is 0 Å². The largest absolute Gasteiger partial charge is 0.465 e. The zero-order valence-electron chi connectivity index (χ0n) is 12.2. The first-order valence-corrected chi connectivity index (χ1v) is 6.27. The van der Waals surface area contributed by atoms with Crippen LogP contribution in [0.1, 0.15) is 24.2 Å². The highest BCUT2D eigenvalue weighted by Gasteiger charge is 2.25. The van der Waals surface area contributed by atoms with Gasteiger partial charge in [0.2, 0.25) is 0 Å². The average molecular weight is 284 g/mol. The molecule has 0 amide bonds. The van der Waals surface area contributed by atoms with Crippen molar-refractivity contribution in [3.05, 3.63) is 5.56 Å². The molecule has 2 N–H and O–H groups in total. The molecule has 0 unspecified atom stereocenters. The number of nitrogens with two attached hydrogens (primary N) is 1. The van der Waals surface area contributed by atoms with Gasteiger partial charge in [-0.2, -0.15) is 5.10 Å². The molecule has 8 heteroatoms. The third kappa shape index (κ3) is 3.19. The van der Waals surface area contributed by atoms with E-state index in [9.17, 15) is 9.59 Å². The maximum Gasteiger partial charge on any atom is 0.345 e. The van der Waals surface area contributed by atoms with Crippen LogP contribution in [-0.4, -0.2) is 49.0 Å². The van der Waals surface area contributed by atoms with Crippen molar-refractivity contribution in [2.45, 2.75) is 20.4 Å². The second-order valence-electron chi connectivity index (χ2n) is 4.05. The summed E-state index contributed by atoms with van der Waals surface area (Å²) in [6.07, 6.45) is 0. The minimum atomic E-state index is -0.590. The van der Waals surface area contributed by atoms with Crippen LogP contribution in [0.15, 0.2) is 0 Å². The summed E-state index contributed by atoms with van der Waals surface area (Å²) in [7, 11) is 3.03. The number of nitrogens with zero attached hydrogens (tertiary/aromatic N) is 3. The summed E-state index contributed by atoms with van der Waals surface area (Å²) in [5, 5.41) is 4.19. The Hall–Kier alpha value is -2.25. The van der Waals surface area contributed by atoms with Crippen molar-refractivity contribution in [1.82, 2.24) is 9.78 Å². The lowest BCUT2D eigenvalue weighted by Crippen LogP contribution is -2.20. The van der Waals surface area contributed by atoms with E-state index >= 15 is 0 Å². The number of anilines is 2. The Morgan fingerprint density at radius 1 is 1.40 bits per heavy atom. The lowest BCUT2D eigenvalue weighted by atomic mass is 10.3. The van der Waals surface area contributed by atoms with E-state index < -0.39 is 11.9 Å². The molecule has 0 saturated carbocycles. The third-order valence-electron chi connectivity index (χ3n) is 2.78. The zero-order chi connectivity index (χ0) is 15.3. The number of rotatable bonds is 6. The molecular formula is C12H20N4O4. The van der Waals surface area contributed by atoms with Crippen LogP contribution in [0.3, 0.4) is 0 Å². The van der Waals surface area contributed by atoms with Gasteiger partial charge in [-0.05, 0) is 13.8 Å². The lowest BCUT2D eigenvalue weighted by molar-refractivity contribution is -0.144. The Balaban J connectivity index is 3.18. The van der Waals surface area contributed by atoms with Gasteiger partial charge in [-0.25, -0.2) is 9.48 Å². The minimum Gasteiger partial charge on any atom is -0.465 e. The highest BCUT2D eigenvalue weighted by molar-refractivity contribution is 5.99. The molecule has 0 fully saturated rings. The lowest BCUT2D eigenvalue weighted by Gasteiger charge is -2.14. The molecule has 1 heterocycles. The molecular weight excluding hydrogens is 264 g/mol. The first kappa shape index (κ1) is 15.8. The zero-order valence-corrected chi connectivity index (χ0v) is 12.2. The third-order valence-corrected chi connectivity index (χ3v) is 2.78. The molecule has 20 heavy (non-hydrogen) atoms. The summed E-state index contributed by atoms with van der Waals surface area (Å²) in [6.45, 7) is 4.36. The van der Waals surface area contributed by atoms with E-state index in [1.165, 1.54) is 11.8 Å². The summed E-state index contributed by atoms with van der Waals surface area (Å²) >= 11 is 0. The predicted octanol–water partition coefficient (Wildman–Crippen LogP) is 0.271. The number of aromatic nitrogens is 2. The van der Waals surface area contributed by atoms with Crippen molar-refractivity contribution in [1.29, 1.82) is 0 Å². The Morgan fingerprint density at radius 3 is 2.55 bits per heavy atom. The normalized spacial score (nSPS) is 10.2. The predicted molar refractivity (Wildman–Crippen MR) is 73.6 cm³/mol. The maximum absolute atomic E-state index is 11.8. The Kier molecular flexibility index (Phi) is 5.36. The van der Waals surface area contributed by atoms with Gasteiger partial charge in [0.15, 0.2) is 5.82 Å². The minimum absolute atomic E-state index is 0.0835. The standard InChI is InChI=1S/C12H20N4O4/c1-5-15(3)11-9(12(18)19-4)10(13)16(14-11)7-8(17)20-6-2/h5-7,13H2,1-4H3. The molecule has 0 atom stereocenters. The molecule has 0 radical (unpaired) electrons. The molecule has 0 saturated heterocycles. The van der Waals surface area contributed by atoms with Gasteiger partial charge < -0.3 is 20.1 Å². The fraction of sp³-hybridized carbons (Fsp3) is 0.583. The van der Waals surface area contributed by atoms with Gasteiger partial charge in [0.05, 0.1) is 13.7 Å². The van der Waals surface area contributed by atoms with Gasteiger partial charge in [0.25, 0.3) is 0 Å². The fourth-order valence-electron chi connectivity index (χ4n) is 1.63. The second kappa shape index (κ2) is 6.78. The molecule has 0 spiro atoms. The number of methoxy groups -OCH3 is 1. The van der Waals surface area contributed by atoms with Crippen LogP contribution in [0.5, 0.6) is 0 Å². The van der Waals surface area contributed by atoms with Gasteiger partial charge in [0, 0.05) is 13.6 Å². The van der Waals surface area contributed by atoms with Crippen molar-refractivity contribution in [3.63, 3.8) is 0 Å². The number of carbonyl (C=O) groups is 2. The second-order valence-corrected chi connectivity index (χ2v) is 4.05. The first-order valence-electron chi connectivity index (χ1n) is 6.27. The monoisotopic (exact) mass is 284 g/mol. The van der Waals surface area contributed by atoms with E-state index in [1.54, 1.807) is 18.9 Å². The number of ether oxygens (including phenoxy) is 2. The Morgan fingerprint density at radius 2 is 2.05 bits per heavy atom. The number of nitrogen functional groups attached to an aromatic ring is 1. The van der Waals surface area contributed by atoms with Crippen molar-refractivity contribution in [3.8, 4) is 0 Å². The number of hydrogen-bond acceptors (Lipinski definition) is 7. The molecule has 1 aromatic rings. The molecule has 0 aliphatic carbocycles. The maximum atomic E-state index is 11.8. The Bertz CT molecular complexity index is 498. The number of esters is 2. The molecule has 112 valence electrons.